The number of imidazole rings is 1. The lowest BCUT2D eigenvalue weighted by molar-refractivity contribution is 0.153. The molecular weight excluding hydrogens is 386 g/mol. The fourth-order valence-corrected chi connectivity index (χ4v) is 5.04. The molecule has 0 saturated carbocycles. The molecule has 0 unspecified atom stereocenters. The van der Waals surface area contributed by atoms with Crippen LogP contribution in [0, 0.1) is 20.8 Å². The van der Waals surface area contributed by atoms with Crippen LogP contribution in [0.15, 0.2) is 47.3 Å². The SMILES string of the molecule is Cc1ccc2c(n1)oc1ccc(C)c(C(C)(C)N3C=CN(c4cnc(C)n4C)[C@H]3C)c12. The van der Waals surface area contributed by atoms with E-state index in [1.54, 1.807) is 0 Å². The highest BCUT2D eigenvalue weighted by molar-refractivity contribution is 6.06. The summed E-state index contributed by atoms with van der Waals surface area (Å²) in [5, 5.41) is 2.23. The molecule has 0 amide bonds. The van der Waals surface area contributed by atoms with Crippen LogP contribution in [0.1, 0.15) is 43.4 Å². The standard InChI is InChI=1S/C25H29N5O/c1-15-8-11-20-22(19-10-9-16(2)27-24(19)31-20)23(15)25(5,6)30-13-12-29(18(30)4)21-14-26-17(3)28(21)7/h8-14,18H,1-7H3/t18-/m1/s1. The first-order valence-corrected chi connectivity index (χ1v) is 10.7. The van der Waals surface area contributed by atoms with E-state index in [1.165, 1.54) is 11.1 Å². The number of aryl methyl sites for hydroxylation is 3. The Morgan fingerprint density at radius 1 is 1.03 bits per heavy atom. The Morgan fingerprint density at radius 3 is 2.52 bits per heavy atom. The van der Waals surface area contributed by atoms with E-state index in [1.807, 2.05) is 20.0 Å². The summed E-state index contributed by atoms with van der Waals surface area (Å²) in [6.07, 6.45) is 6.42. The lowest BCUT2D eigenvalue weighted by Gasteiger charge is -2.42. The zero-order valence-corrected chi connectivity index (χ0v) is 19.3. The zero-order valence-electron chi connectivity index (χ0n) is 19.3. The molecule has 0 radical (unpaired) electrons. The molecule has 1 aliphatic rings. The van der Waals surface area contributed by atoms with Gasteiger partial charge in [0.05, 0.1) is 11.7 Å². The van der Waals surface area contributed by atoms with Crippen LogP contribution >= 0.6 is 0 Å². The van der Waals surface area contributed by atoms with Gasteiger partial charge in [0.15, 0.2) is 0 Å². The number of aromatic nitrogens is 3. The van der Waals surface area contributed by atoms with Crippen molar-refractivity contribution in [1.29, 1.82) is 0 Å². The molecule has 31 heavy (non-hydrogen) atoms. The highest BCUT2D eigenvalue weighted by Crippen LogP contribution is 2.43. The van der Waals surface area contributed by atoms with E-state index in [0.29, 0.717) is 5.71 Å². The van der Waals surface area contributed by atoms with Crippen molar-refractivity contribution in [2.75, 3.05) is 4.90 Å². The van der Waals surface area contributed by atoms with Crippen molar-refractivity contribution in [2.24, 2.45) is 7.05 Å². The predicted molar refractivity (Wildman–Crippen MR) is 125 cm³/mol. The molecule has 0 fully saturated rings. The number of anilines is 1. The summed E-state index contributed by atoms with van der Waals surface area (Å²) >= 11 is 0. The molecule has 0 bridgehead atoms. The minimum Gasteiger partial charge on any atom is -0.438 e. The summed E-state index contributed by atoms with van der Waals surface area (Å²) in [5.74, 6) is 2.09. The first-order valence-electron chi connectivity index (χ1n) is 10.7. The van der Waals surface area contributed by atoms with Crippen molar-refractivity contribution < 1.29 is 4.42 Å². The molecule has 6 heteroatoms. The summed E-state index contributed by atoms with van der Waals surface area (Å²) < 4.78 is 8.28. The molecule has 1 aliphatic heterocycles. The lowest BCUT2D eigenvalue weighted by atomic mass is 9.85. The maximum atomic E-state index is 6.15. The average Bonchev–Trinajstić information content (AvgIpc) is 3.37. The monoisotopic (exact) mass is 415 g/mol. The van der Waals surface area contributed by atoms with Crippen molar-refractivity contribution >= 4 is 27.9 Å². The Kier molecular flexibility index (Phi) is 4.19. The summed E-state index contributed by atoms with van der Waals surface area (Å²) in [4.78, 5) is 13.8. The lowest BCUT2D eigenvalue weighted by Crippen LogP contribution is -2.47. The fraction of sp³-hybridized carbons (Fsp3) is 0.360. The van der Waals surface area contributed by atoms with Gasteiger partial charge in [-0.1, -0.05) is 6.07 Å². The number of nitrogens with zero attached hydrogens (tertiary/aromatic N) is 5. The largest absolute Gasteiger partial charge is 0.438 e. The molecule has 4 aromatic rings. The molecule has 0 N–H and O–H groups in total. The van der Waals surface area contributed by atoms with Crippen LogP contribution in [-0.4, -0.2) is 25.6 Å². The van der Waals surface area contributed by atoms with Crippen LogP contribution in [0.4, 0.5) is 5.82 Å². The highest BCUT2D eigenvalue weighted by atomic mass is 16.3. The minimum atomic E-state index is -0.274. The van der Waals surface area contributed by atoms with Crippen LogP contribution in [0.2, 0.25) is 0 Å². The highest BCUT2D eigenvalue weighted by Gasteiger charge is 2.39. The van der Waals surface area contributed by atoms with E-state index in [-0.39, 0.29) is 11.7 Å². The van der Waals surface area contributed by atoms with Gasteiger partial charge < -0.3 is 18.8 Å². The predicted octanol–water partition coefficient (Wildman–Crippen LogP) is 5.51. The van der Waals surface area contributed by atoms with Gasteiger partial charge in [0, 0.05) is 35.9 Å². The molecule has 0 saturated heterocycles. The Morgan fingerprint density at radius 2 is 1.81 bits per heavy atom. The Labute approximate surface area is 182 Å². The maximum Gasteiger partial charge on any atom is 0.227 e. The zero-order chi connectivity index (χ0) is 22.1. The van der Waals surface area contributed by atoms with Gasteiger partial charge in [-0.3, -0.25) is 0 Å². The van der Waals surface area contributed by atoms with E-state index in [9.17, 15) is 0 Å². The van der Waals surface area contributed by atoms with E-state index in [4.69, 9.17) is 4.42 Å². The van der Waals surface area contributed by atoms with E-state index in [2.05, 4.69) is 95.7 Å². The van der Waals surface area contributed by atoms with Crippen molar-refractivity contribution in [1.82, 2.24) is 19.4 Å². The van der Waals surface area contributed by atoms with Crippen LogP contribution < -0.4 is 4.90 Å². The van der Waals surface area contributed by atoms with Gasteiger partial charge in [-0.15, -0.1) is 0 Å². The smallest absolute Gasteiger partial charge is 0.227 e. The molecule has 0 aliphatic carbocycles. The normalized spacial score (nSPS) is 16.9. The summed E-state index contributed by atoms with van der Waals surface area (Å²) in [6, 6.07) is 8.41. The fourth-order valence-electron chi connectivity index (χ4n) is 5.04. The minimum absolute atomic E-state index is 0.137. The third kappa shape index (κ3) is 2.77. The average molecular weight is 416 g/mol. The van der Waals surface area contributed by atoms with Crippen LogP contribution in [0.3, 0.4) is 0 Å². The molecule has 160 valence electrons. The van der Waals surface area contributed by atoms with Crippen molar-refractivity contribution in [3.63, 3.8) is 0 Å². The Bertz CT molecular complexity index is 1340. The number of pyridine rings is 1. The molecule has 1 atom stereocenters. The van der Waals surface area contributed by atoms with Crippen molar-refractivity contribution in [2.45, 2.75) is 53.2 Å². The van der Waals surface area contributed by atoms with Gasteiger partial charge in [0.2, 0.25) is 5.71 Å². The quantitative estimate of drug-likeness (QED) is 0.441. The molecule has 1 aromatic carbocycles. The van der Waals surface area contributed by atoms with Crippen LogP contribution in [-0.2, 0) is 12.6 Å². The van der Waals surface area contributed by atoms with Gasteiger partial charge >= 0.3 is 0 Å². The molecule has 6 nitrogen and oxygen atoms in total. The summed E-state index contributed by atoms with van der Waals surface area (Å²) in [6.45, 7) is 13.0. The molecule has 3 aromatic heterocycles. The molecule has 5 rings (SSSR count). The molecular formula is C25H29N5O. The third-order valence-corrected chi connectivity index (χ3v) is 6.76. The Hall–Kier alpha value is -3.28. The first kappa shape index (κ1) is 19.7. The van der Waals surface area contributed by atoms with Crippen molar-refractivity contribution in [3.8, 4) is 0 Å². The second kappa shape index (κ2) is 6.61. The first-order chi connectivity index (χ1) is 14.7. The molecule has 0 spiro atoms. The maximum absolute atomic E-state index is 6.15. The Balaban J connectivity index is 1.64. The van der Waals surface area contributed by atoms with Gasteiger partial charge in [0.1, 0.15) is 23.4 Å². The van der Waals surface area contributed by atoms with E-state index < -0.39 is 0 Å². The van der Waals surface area contributed by atoms with Crippen LogP contribution in [0.5, 0.6) is 0 Å². The second-order valence-corrected chi connectivity index (χ2v) is 9.06. The van der Waals surface area contributed by atoms with E-state index in [0.717, 1.165) is 33.7 Å². The van der Waals surface area contributed by atoms with Gasteiger partial charge in [-0.25, -0.2) is 9.97 Å². The van der Waals surface area contributed by atoms with E-state index >= 15 is 0 Å². The number of furan rings is 1. The number of rotatable bonds is 3. The van der Waals surface area contributed by atoms with Gasteiger partial charge in [0.25, 0.3) is 0 Å². The number of hydrogen-bond acceptors (Lipinski definition) is 5. The number of benzene rings is 1. The van der Waals surface area contributed by atoms with Gasteiger partial charge in [-0.05, 0) is 70.9 Å². The second-order valence-electron chi connectivity index (χ2n) is 9.06. The number of hydrogen-bond donors (Lipinski definition) is 0. The summed E-state index contributed by atoms with van der Waals surface area (Å²) in [7, 11) is 2.06. The van der Waals surface area contributed by atoms with Crippen LogP contribution in [0.25, 0.3) is 22.1 Å². The number of fused-ring (bicyclic) bond motifs is 3. The van der Waals surface area contributed by atoms with Crippen molar-refractivity contribution in [3.05, 3.63) is 65.5 Å². The third-order valence-electron chi connectivity index (χ3n) is 6.76. The topological polar surface area (TPSA) is 50.3 Å². The molecule has 4 heterocycles. The van der Waals surface area contributed by atoms with Gasteiger partial charge in [-0.2, -0.15) is 0 Å². The summed E-state index contributed by atoms with van der Waals surface area (Å²) in [5.41, 5.74) is 4.79.